The third-order valence-corrected chi connectivity index (χ3v) is 4.15. The minimum Gasteiger partial charge on any atom is -0.481 e. The summed E-state index contributed by atoms with van der Waals surface area (Å²) in [5, 5.41) is 25.1. The van der Waals surface area contributed by atoms with Crippen LogP contribution in [0.15, 0.2) is 12.5 Å². The maximum atomic E-state index is 12.7. The number of imidazole rings is 1. The van der Waals surface area contributed by atoms with E-state index < -0.39 is 54.2 Å². The SMILES string of the molecule is CCCCC(NC(=O)[C@H](Cc1cnc[nH]1)NC(C)=O)C(=O)N[C@@H](CC(=O)O)C(=O)O. The molecule has 1 unspecified atom stereocenters. The zero-order valence-corrected chi connectivity index (χ0v) is 16.8. The summed E-state index contributed by atoms with van der Waals surface area (Å²) in [6, 6.07) is -3.72. The molecule has 0 spiro atoms. The van der Waals surface area contributed by atoms with Gasteiger partial charge in [-0.15, -0.1) is 0 Å². The lowest BCUT2D eigenvalue weighted by atomic mass is 10.1. The molecule has 1 aromatic rings. The maximum absolute atomic E-state index is 12.7. The van der Waals surface area contributed by atoms with Crippen LogP contribution in [0, 0.1) is 0 Å². The van der Waals surface area contributed by atoms with Crippen molar-refractivity contribution >= 4 is 29.7 Å². The Morgan fingerprint density at radius 2 is 1.67 bits per heavy atom. The summed E-state index contributed by atoms with van der Waals surface area (Å²) in [6.07, 6.45) is 3.69. The fourth-order valence-electron chi connectivity index (χ4n) is 2.67. The normalized spacial score (nSPS) is 13.5. The van der Waals surface area contributed by atoms with Gasteiger partial charge in [0.2, 0.25) is 17.7 Å². The Morgan fingerprint density at radius 1 is 1.03 bits per heavy atom. The molecule has 0 bridgehead atoms. The van der Waals surface area contributed by atoms with Gasteiger partial charge in [-0.3, -0.25) is 19.2 Å². The van der Waals surface area contributed by atoms with Gasteiger partial charge in [0.1, 0.15) is 18.1 Å². The summed E-state index contributed by atoms with van der Waals surface area (Å²) in [5.74, 6) is -4.78. The number of nitrogens with zero attached hydrogens (tertiary/aromatic N) is 1. The average Bonchev–Trinajstić information content (AvgIpc) is 3.16. The van der Waals surface area contributed by atoms with Crippen LogP contribution in [0.25, 0.3) is 0 Å². The second-order valence-electron chi connectivity index (χ2n) is 6.73. The number of aromatic nitrogens is 2. The number of carboxylic acids is 2. The van der Waals surface area contributed by atoms with E-state index in [1.165, 1.54) is 19.4 Å². The van der Waals surface area contributed by atoms with Gasteiger partial charge in [0.05, 0.1) is 12.7 Å². The van der Waals surface area contributed by atoms with Gasteiger partial charge in [-0.25, -0.2) is 9.78 Å². The number of carbonyl (C=O) groups excluding carboxylic acids is 3. The Balaban J connectivity index is 2.92. The third kappa shape index (κ3) is 8.71. The molecule has 0 aliphatic carbocycles. The molecule has 1 rings (SSSR count). The average molecular weight is 425 g/mol. The first kappa shape index (κ1) is 24.6. The van der Waals surface area contributed by atoms with Crippen molar-refractivity contribution in [2.24, 2.45) is 0 Å². The lowest BCUT2D eigenvalue weighted by Crippen LogP contribution is -2.56. The number of unbranched alkanes of at least 4 members (excludes halogenated alkanes) is 1. The van der Waals surface area contributed by atoms with E-state index in [1.54, 1.807) is 0 Å². The van der Waals surface area contributed by atoms with Crippen molar-refractivity contribution in [2.75, 3.05) is 0 Å². The molecule has 0 saturated carbocycles. The van der Waals surface area contributed by atoms with Gasteiger partial charge in [-0.2, -0.15) is 0 Å². The van der Waals surface area contributed by atoms with Crippen molar-refractivity contribution in [1.82, 2.24) is 25.9 Å². The molecule has 12 nitrogen and oxygen atoms in total. The Kier molecular flexibility index (Phi) is 10.00. The Labute approximate surface area is 172 Å². The standard InChI is InChI=1S/C18H27N5O7/c1-3-4-5-12(16(27)23-14(18(29)30)7-15(25)26)22-17(28)13(21-10(2)24)6-11-8-19-9-20-11/h8-9,12-14H,3-7H2,1-2H3,(H,19,20)(H,21,24)(H,22,28)(H,23,27)(H,25,26)(H,29,30)/t12?,13-,14-/m0/s1. The fraction of sp³-hybridized carbons (Fsp3) is 0.556. The van der Waals surface area contributed by atoms with Crippen LogP contribution in [0.4, 0.5) is 0 Å². The quantitative estimate of drug-likeness (QED) is 0.236. The van der Waals surface area contributed by atoms with Crippen molar-refractivity contribution in [3.63, 3.8) is 0 Å². The lowest BCUT2D eigenvalue weighted by molar-refractivity contribution is -0.147. The number of nitrogens with one attached hydrogen (secondary N) is 4. The zero-order chi connectivity index (χ0) is 22.7. The predicted octanol–water partition coefficient (Wildman–Crippen LogP) is -0.824. The highest BCUT2D eigenvalue weighted by Crippen LogP contribution is 2.05. The van der Waals surface area contributed by atoms with Gasteiger partial charge < -0.3 is 31.1 Å². The molecular weight excluding hydrogens is 398 g/mol. The van der Waals surface area contributed by atoms with Gasteiger partial charge in [0.25, 0.3) is 0 Å². The summed E-state index contributed by atoms with van der Waals surface area (Å²) < 4.78 is 0. The van der Waals surface area contributed by atoms with Crippen LogP contribution in [0.5, 0.6) is 0 Å². The number of aromatic amines is 1. The summed E-state index contributed by atoms with van der Waals surface area (Å²) in [4.78, 5) is 65.5. The molecule has 12 heteroatoms. The first-order valence-electron chi connectivity index (χ1n) is 9.43. The minimum absolute atomic E-state index is 0.101. The van der Waals surface area contributed by atoms with Gasteiger partial charge in [-0.05, 0) is 6.42 Å². The van der Waals surface area contributed by atoms with E-state index in [0.717, 1.165) is 0 Å². The number of H-pyrrole nitrogens is 1. The van der Waals surface area contributed by atoms with Gasteiger partial charge in [-0.1, -0.05) is 19.8 Å². The molecule has 0 saturated heterocycles. The number of amides is 3. The highest BCUT2D eigenvalue weighted by atomic mass is 16.4. The largest absolute Gasteiger partial charge is 0.481 e. The van der Waals surface area contributed by atoms with Crippen LogP contribution in [0.1, 0.15) is 45.2 Å². The molecular formula is C18H27N5O7. The number of aliphatic carboxylic acids is 2. The van der Waals surface area contributed by atoms with Crippen LogP contribution in [-0.2, 0) is 30.4 Å². The monoisotopic (exact) mass is 425 g/mol. The smallest absolute Gasteiger partial charge is 0.326 e. The molecule has 1 aromatic heterocycles. The van der Waals surface area contributed by atoms with Crippen LogP contribution < -0.4 is 16.0 Å². The molecule has 0 fully saturated rings. The van der Waals surface area contributed by atoms with E-state index in [0.29, 0.717) is 18.5 Å². The van der Waals surface area contributed by atoms with Crippen LogP contribution >= 0.6 is 0 Å². The second-order valence-corrected chi connectivity index (χ2v) is 6.73. The van der Waals surface area contributed by atoms with Gasteiger partial charge in [0, 0.05) is 25.2 Å². The van der Waals surface area contributed by atoms with E-state index in [9.17, 15) is 24.0 Å². The zero-order valence-electron chi connectivity index (χ0n) is 16.8. The molecule has 0 aromatic carbocycles. The van der Waals surface area contributed by atoms with Crippen molar-refractivity contribution in [1.29, 1.82) is 0 Å². The van der Waals surface area contributed by atoms with Crippen LogP contribution in [-0.4, -0.2) is 68.0 Å². The predicted molar refractivity (Wildman–Crippen MR) is 103 cm³/mol. The van der Waals surface area contributed by atoms with Crippen molar-refractivity contribution in [2.45, 2.75) is 64.1 Å². The highest BCUT2D eigenvalue weighted by Gasteiger charge is 2.30. The molecule has 0 aliphatic rings. The van der Waals surface area contributed by atoms with Crippen molar-refractivity contribution in [3.8, 4) is 0 Å². The third-order valence-electron chi connectivity index (χ3n) is 4.15. The Morgan fingerprint density at radius 3 is 2.17 bits per heavy atom. The molecule has 3 amide bonds. The molecule has 0 radical (unpaired) electrons. The highest BCUT2D eigenvalue weighted by molar-refractivity contribution is 5.94. The maximum Gasteiger partial charge on any atom is 0.326 e. The van der Waals surface area contributed by atoms with Gasteiger partial charge >= 0.3 is 11.9 Å². The number of hydrogen-bond acceptors (Lipinski definition) is 6. The van der Waals surface area contributed by atoms with E-state index >= 15 is 0 Å². The van der Waals surface area contributed by atoms with Gasteiger partial charge in [0.15, 0.2) is 0 Å². The van der Waals surface area contributed by atoms with E-state index in [2.05, 4.69) is 25.9 Å². The summed E-state index contributed by atoms with van der Waals surface area (Å²) in [7, 11) is 0. The molecule has 30 heavy (non-hydrogen) atoms. The summed E-state index contributed by atoms with van der Waals surface area (Å²) in [6.45, 7) is 3.12. The Hall–Kier alpha value is -3.44. The first-order chi connectivity index (χ1) is 14.1. The van der Waals surface area contributed by atoms with Crippen molar-refractivity contribution < 1.29 is 34.2 Å². The van der Waals surface area contributed by atoms with Crippen molar-refractivity contribution in [3.05, 3.63) is 18.2 Å². The van der Waals surface area contributed by atoms with E-state index in [4.69, 9.17) is 10.2 Å². The number of carbonyl (C=O) groups is 5. The topological polar surface area (TPSA) is 191 Å². The Bertz CT molecular complexity index is 750. The molecule has 166 valence electrons. The summed E-state index contributed by atoms with van der Waals surface area (Å²) in [5.41, 5.74) is 0.589. The van der Waals surface area contributed by atoms with E-state index in [1.807, 2.05) is 6.92 Å². The molecule has 0 aliphatic heterocycles. The first-order valence-corrected chi connectivity index (χ1v) is 9.43. The molecule has 1 heterocycles. The lowest BCUT2D eigenvalue weighted by Gasteiger charge is -2.24. The minimum atomic E-state index is -1.63. The fourth-order valence-corrected chi connectivity index (χ4v) is 2.67. The van der Waals surface area contributed by atoms with E-state index in [-0.39, 0.29) is 12.8 Å². The number of rotatable bonds is 13. The second kappa shape index (κ2) is 12.2. The molecule has 3 atom stereocenters. The summed E-state index contributed by atoms with van der Waals surface area (Å²) >= 11 is 0. The van der Waals surface area contributed by atoms with Crippen LogP contribution in [0.3, 0.4) is 0 Å². The number of hydrogen-bond donors (Lipinski definition) is 6. The molecule has 6 N–H and O–H groups in total. The van der Waals surface area contributed by atoms with Crippen LogP contribution in [0.2, 0.25) is 0 Å². The number of carboxylic acid groups (broad SMARTS) is 2.